The average Bonchev–Trinajstić information content (AvgIpc) is 3.86. The van der Waals surface area contributed by atoms with Gasteiger partial charge < -0.3 is 39.9 Å². The molecule has 8 bridgehead atoms. The van der Waals surface area contributed by atoms with Crippen LogP contribution in [0.1, 0.15) is 39.2 Å². The number of fused-ring (bicyclic) bond motifs is 20. The third-order valence-corrected chi connectivity index (χ3v) is 9.37. The molecular weight excluding hydrogens is 750 g/mol. The quantitative estimate of drug-likeness (QED) is 0.154. The summed E-state index contributed by atoms with van der Waals surface area (Å²) in [6, 6.07) is 26.5. The van der Waals surface area contributed by atoms with Crippen molar-refractivity contribution in [2.24, 2.45) is 0 Å². The minimum atomic E-state index is -1.18. The standard InChI is InChI=1S/C40H31N9O5.Cu/c1-40(2,3)20-12-14-25-28(16-20)37-44-35(25)42-33-23-8-4-5-9-24(23)34(41-33)43-36-26-15-13-21(54-22(18-31(50)51)19-32(52)53)17-29(26)39(45-36)48-49-30-11-7-6-10-27(30)38(46-37)47-49;/h4-17,22H,18-19H2,1-3H3,(H3,41,42,43,44,45,46,47,48,50,51,52,53);/q;+2/p-1. The molecule has 0 spiro atoms. The molecule has 14 nitrogen and oxygen atoms in total. The largest absolute Gasteiger partial charge is 2.00 e. The molecule has 3 aromatic heterocycles. The van der Waals surface area contributed by atoms with E-state index in [4.69, 9.17) is 44.8 Å². The first-order valence-electron chi connectivity index (χ1n) is 17.2. The fourth-order valence-corrected chi connectivity index (χ4v) is 6.73. The maximum Gasteiger partial charge on any atom is 2.00 e. The Balaban J connectivity index is 0.00000427. The van der Waals surface area contributed by atoms with Crippen LogP contribution < -0.4 is 19.5 Å². The molecule has 5 heterocycles. The van der Waals surface area contributed by atoms with E-state index in [0.29, 0.717) is 50.9 Å². The van der Waals surface area contributed by atoms with Crippen LogP contribution in [0, 0.1) is 0 Å². The molecule has 1 radical (unpaired) electrons. The van der Waals surface area contributed by atoms with Crippen LogP contribution in [0.15, 0.2) is 84.9 Å². The van der Waals surface area contributed by atoms with Crippen LogP contribution in [-0.2, 0) is 32.1 Å². The van der Waals surface area contributed by atoms with Crippen LogP contribution in [0.5, 0.6) is 5.75 Å². The number of carbonyl (C=O) groups is 2. The molecule has 9 rings (SSSR count). The number of hydrogen-bond acceptors (Lipinski definition) is 9. The van der Waals surface area contributed by atoms with E-state index in [1.165, 1.54) is 4.80 Å². The number of aliphatic carboxylic acids is 2. The molecule has 2 aliphatic rings. The van der Waals surface area contributed by atoms with Gasteiger partial charge in [0.05, 0.1) is 35.7 Å². The number of carboxylic acid groups (broad SMARTS) is 2. The predicted molar refractivity (Wildman–Crippen MR) is 198 cm³/mol. The predicted octanol–water partition coefficient (Wildman–Crippen LogP) is 5.73. The second kappa shape index (κ2) is 13.4. The van der Waals surface area contributed by atoms with Gasteiger partial charge in [-0.1, -0.05) is 74.4 Å². The second-order valence-electron chi connectivity index (χ2n) is 14.1. The van der Waals surface area contributed by atoms with E-state index in [2.05, 4.69) is 32.9 Å². The topological polar surface area (TPSA) is 193 Å². The summed E-state index contributed by atoms with van der Waals surface area (Å²) in [6.07, 6.45) is -2.10. The summed E-state index contributed by atoms with van der Waals surface area (Å²) in [6.45, 7) is 6.46. The van der Waals surface area contributed by atoms with Crippen molar-refractivity contribution in [3.8, 4) is 45.6 Å². The number of para-hydroxylation sites is 1. The Bertz CT molecular complexity index is 2880. The number of hydrogen-bond donors (Lipinski definition) is 2. The fourth-order valence-electron chi connectivity index (χ4n) is 6.73. The molecule has 4 aromatic carbocycles. The summed E-state index contributed by atoms with van der Waals surface area (Å²) in [5.41, 5.74) is 5.40. The van der Waals surface area contributed by atoms with E-state index in [0.717, 1.165) is 33.0 Å². The van der Waals surface area contributed by atoms with Gasteiger partial charge in [0.15, 0.2) is 5.82 Å². The zero-order valence-electron chi connectivity index (χ0n) is 29.5. The van der Waals surface area contributed by atoms with Crippen LogP contribution in [0.2, 0.25) is 0 Å². The SMILES string of the molecule is CC(C)(C)c1ccc2c3nc4nc(nc5[n-]c(n[n+]6nc(nc([n-]3)c2c1)-c1ccccc1-6)c1cc(OC(CC(=O)O)CC(=O)O)ccc51)-c1ccccc1-4.[Cu+2]. The van der Waals surface area contributed by atoms with Crippen molar-refractivity contribution < 1.29 is 46.4 Å². The van der Waals surface area contributed by atoms with Crippen LogP contribution in [0.3, 0.4) is 0 Å². The van der Waals surface area contributed by atoms with Crippen molar-refractivity contribution in [2.75, 3.05) is 0 Å². The van der Waals surface area contributed by atoms with Crippen molar-refractivity contribution in [3.05, 3.63) is 90.5 Å². The van der Waals surface area contributed by atoms with E-state index in [1.54, 1.807) is 18.2 Å². The number of carboxylic acids is 2. The summed E-state index contributed by atoms with van der Waals surface area (Å²) in [7, 11) is 0. The molecule has 0 saturated carbocycles. The number of aromatic nitrogens is 9. The van der Waals surface area contributed by atoms with Gasteiger partial charge in [-0.2, -0.15) is 0 Å². The van der Waals surface area contributed by atoms with E-state index >= 15 is 0 Å². The van der Waals surface area contributed by atoms with Crippen molar-refractivity contribution >= 4 is 56.1 Å². The molecule has 0 unspecified atom stereocenters. The summed E-state index contributed by atoms with van der Waals surface area (Å²) in [5, 5.41) is 31.3. The van der Waals surface area contributed by atoms with Gasteiger partial charge in [0.2, 0.25) is 0 Å². The van der Waals surface area contributed by atoms with Crippen molar-refractivity contribution in [3.63, 3.8) is 0 Å². The number of ether oxygens (including phenoxy) is 1. The minimum Gasteiger partial charge on any atom is -0.489 e. The summed E-state index contributed by atoms with van der Waals surface area (Å²) in [5.74, 6) is -0.885. The normalized spacial score (nSPS) is 12.0. The van der Waals surface area contributed by atoms with Gasteiger partial charge in [-0.25, -0.2) is 4.98 Å². The first-order chi connectivity index (χ1) is 26.0. The molecule has 0 fully saturated rings. The molecule has 0 amide bonds. The second-order valence-corrected chi connectivity index (χ2v) is 14.1. The summed E-state index contributed by atoms with van der Waals surface area (Å²) in [4.78, 5) is 54.2. The van der Waals surface area contributed by atoms with E-state index in [1.807, 2.05) is 54.6 Å². The van der Waals surface area contributed by atoms with Gasteiger partial charge in [-0.15, -0.1) is 0 Å². The molecular formula is C40H30CuN9O5+. The molecule has 7 aromatic rings. The van der Waals surface area contributed by atoms with Crippen LogP contribution in [0.4, 0.5) is 0 Å². The van der Waals surface area contributed by atoms with Gasteiger partial charge in [-0.05, 0) is 57.5 Å². The van der Waals surface area contributed by atoms with E-state index < -0.39 is 30.9 Å². The Hall–Kier alpha value is -6.57. The minimum absolute atomic E-state index is 0. The first kappa shape index (κ1) is 35.5. The molecule has 0 saturated heterocycles. The Labute approximate surface area is 322 Å². The van der Waals surface area contributed by atoms with Gasteiger partial charge in [0.25, 0.3) is 5.69 Å². The number of benzene rings is 4. The Kier molecular flexibility index (Phi) is 8.62. The molecule has 15 heteroatoms. The van der Waals surface area contributed by atoms with Crippen molar-refractivity contribution in [2.45, 2.75) is 45.1 Å². The van der Waals surface area contributed by atoms with Crippen molar-refractivity contribution in [1.82, 2.24) is 40.1 Å². The summed E-state index contributed by atoms with van der Waals surface area (Å²) >= 11 is 0. The average molecular weight is 780 g/mol. The fraction of sp³-hybridized carbons (Fsp3) is 0.175. The maximum absolute atomic E-state index is 11.5. The number of nitrogens with zero attached hydrogens (tertiary/aromatic N) is 9. The molecule has 275 valence electrons. The first-order valence-corrected chi connectivity index (χ1v) is 17.2. The van der Waals surface area contributed by atoms with E-state index in [-0.39, 0.29) is 33.9 Å². The Morgan fingerprint density at radius 3 is 1.84 bits per heavy atom. The Morgan fingerprint density at radius 2 is 1.20 bits per heavy atom. The van der Waals surface area contributed by atoms with Gasteiger partial charge in [0, 0.05) is 49.4 Å². The third kappa shape index (κ3) is 6.43. The van der Waals surface area contributed by atoms with Gasteiger partial charge in [0.1, 0.15) is 11.9 Å². The van der Waals surface area contributed by atoms with Gasteiger partial charge in [-0.3, -0.25) is 9.59 Å². The van der Waals surface area contributed by atoms with Crippen molar-refractivity contribution in [1.29, 1.82) is 0 Å². The molecule has 0 atom stereocenters. The smallest absolute Gasteiger partial charge is 0.489 e. The molecule has 2 N–H and O–H groups in total. The third-order valence-electron chi connectivity index (χ3n) is 9.37. The molecule has 0 aliphatic carbocycles. The maximum atomic E-state index is 11.5. The number of rotatable bonds is 6. The molecule has 55 heavy (non-hydrogen) atoms. The van der Waals surface area contributed by atoms with E-state index in [9.17, 15) is 19.8 Å². The van der Waals surface area contributed by atoms with Crippen LogP contribution in [-0.4, -0.2) is 58.4 Å². The Morgan fingerprint density at radius 1 is 0.655 bits per heavy atom. The monoisotopic (exact) mass is 779 g/mol. The zero-order chi connectivity index (χ0) is 37.3. The van der Waals surface area contributed by atoms with Crippen LogP contribution >= 0.6 is 0 Å². The van der Waals surface area contributed by atoms with Gasteiger partial charge >= 0.3 is 29.0 Å². The summed E-state index contributed by atoms with van der Waals surface area (Å²) < 4.78 is 5.91. The molecule has 2 aliphatic heterocycles. The van der Waals surface area contributed by atoms with Crippen LogP contribution in [0.25, 0.3) is 84.0 Å². The zero-order valence-corrected chi connectivity index (χ0v) is 30.5.